The summed E-state index contributed by atoms with van der Waals surface area (Å²) in [4.78, 5) is 4.25. The lowest BCUT2D eigenvalue weighted by Crippen LogP contribution is -1.81. The van der Waals surface area contributed by atoms with Crippen molar-refractivity contribution in [3.63, 3.8) is 0 Å². The van der Waals surface area contributed by atoms with E-state index in [0.717, 1.165) is 11.0 Å². The summed E-state index contributed by atoms with van der Waals surface area (Å²) in [5, 5.41) is 29.2. The molecule has 0 saturated heterocycles. The molecule has 0 amide bonds. The molecule has 0 atom stereocenters. The van der Waals surface area contributed by atoms with Crippen molar-refractivity contribution in [2.24, 2.45) is 4.99 Å². The molecule has 1 heterocycles. The summed E-state index contributed by atoms with van der Waals surface area (Å²) in [6.07, 6.45) is 1.52. The average molecular weight is 254 g/mol. The summed E-state index contributed by atoms with van der Waals surface area (Å²) in [5.41, 5.74) is 2.79. The molecular weight excluding hydrogens is 244 g/mol. The normalized spacial score (nSPS) is 11.4. The molecule has 94 valence electrons. The molecule has 0 bridgehead atoms. The fraction of sp³-hybridized carbons (Fsp3) is 0. The smallest absolute Gasteiger partial charge is 0.128 e. The van der Waals surface area contributed by atoms with Gasteiger partial charge in [0, 0.05) is 17.8 Å². The van der Waals surface area contributed by atoms with E-state index < -0.39 is 0 Å². The maximum atomic E-state index is 9.63. The molecule has 3 aromatic rings. The van der Waals surface area contributed by atoms with Crippen LogP contribution < -0.4 is 0 Å². The van der Waals surface area contributed by atoms with Crippen LogP contribution in [0, 0.1) is 0 Å². The topological polar surface area (TPSA) is 94.4 Å². The largest absolute Gasteiger partial charge is 0.508 e. The summed E-state index contributed by atoms with van der Waals surface area (Å²) in [6, 6.07) is 9.77. The third-order valence-electron chi connectivity index (χ3n) is 2.68. The van der Waals surface area contributed by atoms with Gasteiger partial charge in [-0.05, 0) is 30.3 Å². The number of hydrogen-bond acceptors (Lipinski definition) is 5. The van der Waals surface area contributed by atoms with E-state index in [1.54, 1.807) is 12.1 Å². The molecule has 3 N–H and O–H groups in total. The summed E-state index contributed by atoms with van der Waals surface area (Å²) in [5.74, 6) is -0.00932. The molecule has 0 aliphatic heterocycles. The van der Waals surface area contributed by atoms with Crippen LogP contribution in [0.5, 0.6) is 11.5 Å². The second-order valence-corrected chi connectivity index (χ2v) is 4.01. The van der Waals surface area contributed by atoms with Crippen LogP contribution >= 0.6 is 0 Å². The first-order valence-corrected chi connectivity index (χ1v) is 5.59. The molecule has 0 radical (unpaired) electrons. The van der Waals surface area contributed by atoms with Crippen molar-refractivity contribution in [2.45, 2.75) is 0 Å². The molecule has 0 aliphatic rings. The van der Waals surface area contributed by atoms with Gasteiger partial charge in [0.2, 0.25) is 0 Å². The van der Waals surface area contributed by atoms with Crippen LogP contribution in [0.15, 0.2) is 41.4 Å². The Morgan fingerprint density at radius 3 is 2.84 bits per heavy atom. The fourth-order valence-electron chi connectivity index (χ4n) is 1.70. The number of aliphatic imine (C=N–C) groups is 1. The van der Waals surface area contributed by atoms with E-state index in [0.29, 0.717) is 11.3 Å². The highest BCUT2D eigenvalue weighted by atomic mass is 16.3. The number of rotatable bonds is 2. The first-order valence-electron chi connectivity index (χ1n) is 5.59. The van der Waals surface area contributed by atoms with Crippen LogP contribution in [0.1, 0.15) is 5.56 Å². The van der Waals surface area contributed by atoms with E-state index in [4.69, 9.17) is 0 Å². The maximum absolute atomic E-state index is 9.63. The number of aromatic hydroxyl groups is 2. The van der Waals surface area contributed by atoms with Crippen LogP contribution in [0.3, 0.4) is 0 Å². The van der Waals surface area contributed by atoms with Gasteiger partial charge in [-0.2, -0.15) is 0 Å². The van der Waals surface area contributed by atoms with E-state index in [1.165, 1.54) is 18.3 Å². The Morgan fingerprint density at radius 2 is 2.00 bits per heavy atom. The van der Waals surface area contributed by atoms with Crippen LogP contribution in [0.2, 0.25) is 0 Å². The molecule has 0 saturated carbocycles. The first-order chi connectivity index (χ1) is 9.22. The summed E-state index contributed by atoms with van der Waals surface area (Å²) in [7, 11) is 0. The number of nitrogens with one attached hydrogen (secondary N) is 1. The van der Waals surface area contributed by atoms with Crippen molar-refractivity contribution >= 4 is 22.9 Å². The lowest BCUT2D eigenvalue weighted by atomic mass is 10.2. The molecular formula is C13H10N4O2. The summed E-state index contributed by atoms with van der Waals surface area (Å²) in [6.45, 7) is 0. The second kappa shape index (κ2) is 4.41. The van der Waals surface area contributed by atoms with Gasteiger partial charge in [-0.25, -0.2) is 0 Å². The quantitative estimate of drug-likeness (QED) is 0.610. The van der Waals surface area contributed by atoms with Crippen LogP contribution in [-0.4, -0.2) is 31.8 Å². The molecule has 2 aromatic carbocycles. The first kappa shape index (κ1) is 11.2. The lowest BCUT2D eigenvalue weighted by Gasteiger charge is -1.99. The van der Waals surface area contributed by atoms with Crippen LogP contribution in [0.25, 0.3) is 11.0 Å². The average Bonchev–Trinajstić information content (AvgIpc) is 2.85. The highest BCUT2D eigenvalue weighted by Crippen LogP contribution is 2.22. The number of phenolic OH excluding ortho intramolecular Hbond substituents is 2. The van der Waals surface area contributed by atoms with Gasteiger partial charge >= 0.3 is 0 Å². The number of aromatic nitrogens is 3. The number of nitrogens with zero attached hydrogens (tertiary/aromatic N) is 3. The third kappa shape index (κ3) is 2.23. The van der Waals surface area contributed by atoms with E-state index in [1.807, 2.05) is 12.1 Å². The Kier molecular flexibility index (Phi) is 2.60. The fourth-order valence-corrected chi connectivity index (χ4v) is 1.70. The highest BCUT2D eigenvalue weighted by Gasteiger charge is 2.00. The summed E-state index contributed by atoms with van der Waals surface area (Å²) >= 11 is 0. The standard InChI is InChI=1S/C13H10N4O2/c18-10-3-1-8(13(19)6-10)7-14-9-2-4-11-12(5-9)16-17-15-11/h1-7,18-19H,(H,15,16,17)/b14-7-. The molecule has 3 rings (SSSR count). The van der Waals surface area contributed by atoms with E-state index >= 15 is 0 Å². The SMILES string of the molecule is Oc1ccc(/C=N\c2ccc3[nH]nnc3c2)c(O)c1. The van der Waals surface area contributed by atoms with Crippen molar-refractivity contribution in [3.05, 3.63) is 42.0 Å². The van der Waals surface area contributed by atoms with Crippen LogP contribution in [0.4, 0.5) is 5.69 Å². The number of phenols is 2. The minimum Gasteiger partial charge on any atom is -0.508 e. The van der Waals surface area contributed by atoms with Gasteiger partial charge in [-0.1, -0.05) is 5.21 Å². The van der Waals surface area contributed by atoms with Gasteiger partial charge < -0.3 is 10.2 Å². The second-order valence-electron chi connectivity index (χ2n) is 4.01. The van der Waals surface area contributed by atoms with Crippen molar-refractivity contribution in [3.8, 4) is 11.5 Å². The molecule has 0 fully saturated rings. The zero-order valence-electron chi connectivity index (χ0n) is 9.78. The van der Waals surface area contributed by atoms with Crippen molar-refractivity contribution in [1.82, 2.24) is 15.4 Å². The highest BCUT2D eigenvalue weighted by molar-refractivity contribution is 5.87. The number of H-pyrrole nitrogens is 1. The number of benzene rings is 2. The zero-order valence-corrected chi connectivity index (χ0v) is 9.78. The van der Waals surface area contributed by atoms with E-state index in [-0.39, 0.29) is 11.5 Å². The molecule has 19 heavy (non-hydrogen) atoms. The van der Waals surface area contributed by atoms with Crippen LogP contribution in [-0.2, 0) is 0 Å². The Bertz CT molecular complexity index is 764. The van der Waals surface area contributed by atoms with Gasteiger partial charge in [0.25, 0.3) is 0 Å². The van der Waals surface area contributed by atoms with Gasteiger partial charge in [0.15, 0.2) is 0 Å². The van der Waals surface area contributed by atoms with Crippen molar-refractivity contribution < 1.29 is 10.2 Å². The molecule has 0 unspecified atom stereocenters. The monoisotopic (exact) mass is 254 g/mol. The lowest BCUT2D eigenvalue weighted by molar-refractivity contribution is 0.450. The number of aromatic amines is 1. The Balaban J connectivity index is 1.92. The number of hydrogen-bond donors (Lipinski definition) is 3. The summed E-state index contributed by atoms with van der Waals surface area (Å²) < 4.78 is 0. The van der Waals surface area contributed by atoms with Gasteiger partial charge in [0.1, 0.15) is 17.0 Å². The Labute approximate surface area is 108 Å². The van der Waals surface area contributed by atoms with Crippen molar-refractivity contribution in [1.29, 1.82) is 0 Å². The molecule has 0 spiro atoms. The minimum absolute atomic E-state index is 0.0127. The Hall–Kier alpha value is -2.89. The minimum atomic E-state index is -0.0220. The Morgan fingerprint density at radius 1 is 1.11 bits per heavy atom. The van der Waals surface area contributed by atoms with E-state index in [9.17, 15) is 10.2 Å². The molecule has 6 heteroatoms. The zero-order chi connectivity index (χ0) is 13.2. The van der Waals surface area contributed by atoms with Crippen molar-refractivity contribution in [2.75, 3.05) is 0 Å². The van der Waals surface area contributed by atoms with Gasteiger partial charge in [-0.15, -0.1) is 5.10 Å². The van der Waals surface area contributed by atoms with Gasteiger partial charge in [0.05, 0.1) is 11.2 Å². The number of fused-ring (bicyclic) bond motifs is 1. The maximum Gasteiger partial charge on any atom is 0.128 e. The predicted molar refractivity (Wildman–Crippen MR) is 70.9 cm³/mol. The predicted octanol–water partition coefficient (Wildman–Crippen LogP) is 2.12. The third-order valence-corrected chi connectivity index (χ3v) is 2.68. The molecule has 6 nitrogen and oxygen atoms in total. The van der Waals surface area contributed by atoms with Gasteiger partial charge in [-0.3, -0.25) is 10.1 Å². The molecule has 1 aromatic heterocycles. The van der Waals surface area contributed by atoms with E-state index in [2.05, 4.69) is 20.4 Å². The molecule has 0 aliphatic carbocycles.